The zero-order chi connectivity index (χ0) is 18.4. The number of carbonyl (C=O) groups excluding carboxylic acids is 1. The second kappa shape index (κ2) is 9.03. The zero-order valence-corrected chi connectivity index (χ0v) is 16.0. The third-order valence-electron chi connectivity index (χ3n) is 3.49. The van der Waals surface area contributed by atoms with Gasteiger partial charge >= 0.3 is 0 Å². The number of carbonyl (C=O) groups is 1. The van der Waals surface area contributed by atoms with Crippen LogP contribution in [0.15, 0.2) is 66.0 Å². The Bertz CT molecular complexity index is 906. The van der Waals surface area contributed by atoms with Gasteiger partial charge in [-0.3, -0.25) is 4.79 Å². The molecule has 0 fully saturated rings. The highest BCUT2D eigenvalue weighted by molar-refractivity contribution is 7.99. The maximum absolute atomic E-state index is 12.1. The van der Waals surface area contributed by atoms with Crippen molar-refractivity contribution < 1.29 is 4.79 Å². The van der Waals surface area contributed by atoms with Crippen molar-refractivity contribution in [3.63, 3.8) is 0 Å². The van der Waals surface area contributed by atoms with E-state index < -0.39 is 0 Å². The molecule has 1 N–H and O–H groups in total. The molecule has 3 rings (SSSR count). The smallest absolute Gasteiger partial charge is 0.225 e. The molecule has 4 nitrogen and oxygen atoms in total. The summed E-state index contributed by atoms with van der Waals surface area (Å²) >= 11 is 13.3. The van der Waals surface area contributed by atoms with Gasteiger partial charge in [0.25, 0.3) is 0 Å². The van der Waals surface area contributed by atoms with Crippen molar-refractivity contribution in [2.75, 3.05) is 11.1 Å². The Labute approximate surface area is 166 Å². The molecule has 2 aromatic carbocycles. The second-order valence-electron chi connectivity index (χ2n) is 5.38. The minimum Gasteiger partial charge on any atom is -0.326 e. The maximum Gasteiger partial charge on any atom is 0.225 e. The van der Waals surface area contributed by atoms with Gasteiger partial charge in [-0.2, -0.15) is 0 Å². The lowest BCUT2D eigenvalue weighted by molar-refractivity contribution is -0.115. The highest BCUT2D eigenvalue weighted by Gasteiger charge is 2.07. The Morgan fingerprint density at radius 3 is 2.58 bits per heavy atom. The van der Waals surface area contributed by atoms with Gasteiger partial charge in [0.05, 0.1) is 20.8 Å². The summed E-state index contributed by atoms with van der Waals surface area (Å²) in [5.74, 6) is 0.520. The molecule has 0 unspecified atom stereocenters. The monoisotopic (exact) mass is 403 g/mol. The van der Waals surface area contributed by atoms with Crippen LogP contribution in [0.3, 0.4) is 0 Å². The quantitative estimate of drug-likeness (QED) is 0.431. The minimum atomic E-state index is -0.0896. The first kappa shape index (κ1) is 18.7. The highest BCUT2D eigenvalue weighted by atomic mass is 35.5. The molecule has 0 saturated carbocycles. The Balaban J connectivity index is 1.53. The van der Waals surface area contributed by atoms with Crippen molar-refractivity contribution in [1.82, 2.24) is 9.97 Å². The van der Waals surface area contributed by atoms with Gasteiger partial charge in [0.2, 0.25) is 5.91 Å². The normalized spacial score (nSPS) is 10.5. The standard InChI is InChI=1S/C19H15Cl2N3OS/c20-15-7-6-14(10-16(15)21)24-18(25)8-9-26-19-11-17(22-12-23-19)13-4-2-1-3-5-13/h1-7,10-12H,8-9H2,(H,24,25). The molecule has 1 heterocycles. The van der Waals surface area contributed by atoms with E-state index in [0.29, 0.717) is 27.9 Å². The molecule has 0 aliphatic rings. The summed E-state index contributed by atoms with van der Waals surface area (Å²) in [5, 5.41) is 4.51. The average Bonchev–Trinajstić information content (AvgIpc) is 2.66. The predicted octanol–water partition coefficient (Wildman–Crippen LogP) is 5.57. The Morgan fingerprint density at radius 1 is 1.00 bits per heavy atom. The van der Waals surface area contributed by atoms with Gasteiger partial charge in [0.1, 0.15) is 6.33 Å². The number of anilines is 1. The zero-order valence-electron chi connectivity index (χ0n) is 13.7. The second-order valence-corrected chi connectivity index (χ2v) is 7.31. The summed E-state index contributed by atoms with van der Waals surface area (Å²) in [6.45, 7) is 0. The topological polar surface area (TPSA) is 54.9 Å². The van der Waals surface area contributed by atoms with Gasteiger partial charge in [-0.25, -0.2) is 9.97 Å². The SMILES string of the molecule is O=C(CCSc1cc(-c2ccccc2)ncn1)Nc1ccc(Cl)c(Cl)c1. The van der Waals surface area contributed by atoms with Crippen molar-refractivity contribution in [1.29, 1.82) is 0 Å². The molecule has 0 bridgehead atoms. The van der Waals surface area contributed by atoms with E-state index in [1.165, 1.54) is 11.8 Å². The molecule has 0 atom stereocenters. The third-order valence-corrected chi connectivity index (χ3v) is 5.16. The van der Waals surface area contributed by atoms with Crippen LogP contribution in [0.5, 0.6) is 0 Å². The van der Waals surface area contributed by atoms with Crippen LogP contribution in [-0.4, -0.2) is 21.6 Å². The first-order valence-corrected chi connectivity index (χ1v) is 9.61. The molecular weight excluding hydrogens is 389 g/mol. The van der Waals surface area contributed by atoms with Gasteiger partial charge in [-0.1, -0.05) is 53.5 Å². The molecule has 1 aromatic heterocycles. The number of nitrogens with one attached hydrogen (secondary N) is 1. The van der Waals surface area contributed by atoms with E-state index >= 15 is 0 Å². The van der Waals surface area contributed by atoms with Crippen LogP contribution in [0.25, 0.3) is 11.3 Å². The fraction of sp³-hybridized carbons (Fsp3) is 0.105. The van der Waals surface area contributed by atoms with E-state index in [-0.39, 0.29) is 5.91 Å². The molecule has 132 valence electrons. The fourth-order valence-electron chi connectivity index (χ4n) is 2.23. The Kier molecular flexibility index (Phi) is 6.50. The summed E-state index contributed by atoms with van der Waals surface area (Å²) in [7, 11) is 0. The lowest BCUT2D eigenvalue weighted by Crippen LogP contribution is -2.12. The van der Waals surface area contributed by atoms with Crippen molar-refractivity contribution in [3.05, 3.63) is 71.0 Å². The Hall–Kier alpha value is -2.08. The predicted molar refractivity (Wildman–Crippen MR) is 108 cm³/mol. The Morgan fingerprint density at radius 2 is 1.81 bits per heavy atom. The van der Waals surface area contributed by atoms with Gasteiger partial charge in [0.15, 0.2) is 0 Å². The number of rotatable bonds is 6. The summed E-state index contributed by atoms with van der Waals surface area (Å²) in [5.41, 5.74) is 2.53. The molecule has 0 radical (unpaired) electrons. The van der Waals surface area contributed by atoms with Crippen molar-refractivity contribution in [2.24, 2.45) is 0 Å². The number of aromatic nitrogens is 2. The number of benzene rings is 2. The van der Waals surface area contributed by atoms with E-state index in [1.807, 2.05) is 36.4 Å². The van der Waals surface area contributed by atoms with Gasteiger partial charge in [-0.05, 0) is 24.3 Å². The lowest BCUT2D eigenvalue weighted by Gasteiger charge is -2.07. The van der Waals surface area contributed by atoms with Crippen LogP contribution in [-0.2, 0) is 4.79 Å². The van der Waals surface area contributed by atoms with Crippen LogP contribution in [0, 0.1) is 0 Å². The lowest BCUT2D eigenvalue weighted by atomic mass is 10.1. The average molecular weight is 404 g/mol. The molecule has 0 aliphatic heterocycles. The maximum atomic E-state index is 12.1. The van der Waals surface area contributed by atoms with Gasteiger partial charge in [-0.15, -0.1) is 11.8 Å². The molecule has 0 spiro atoms. The molecular formula is C19H15Cl2N3OS. The van der Waals surface area contributed by atoms with Gasteiger partial charge in [0, 0.05) is 23.4 Å². The van der Waals surface area contributed by atoms with Crippen LogP contribution >= 0.6 is 35.0 Å². The number of hydrogen-bond donors (Lipinski definition) is 1. The van der Waals surface area contributed by atoms with Crippen molar-refractivity contribution >= 4 is 46.6 Å². The van der Waals surface area contributed by atoms with Crippen LogP contribution in [0.2, 0.25) is 10.0 Å². The number of hydrogen-bond acceptors (Lipinski definition) is 4. The number of nitrogens with zero attached hydrogens (tertiary/aromatic N) is 2. The first-order chi connectivity index (χ1) is 12.6. The molecule has 3 aromatic rings. The van der Waals surface area contributed by atoms with Crippen LogP contribution < -0.4 is 5.32 Å². The molecule has 7 heteroatoms. The minimum absolute atomic E-state index is 0.0896. The number of amides is 1. The summed E-state index contributed by atoms with van der Waals surface area (Å²) in [6, 6.07) is 16.8. The van der Waals surface area contributed by atoms with E-state index in [4.69, 9.17) is 23.2 Å². The van der Waals surface area contributed by atoms with E-state index in [0.717, 1.165) is 16.3 Å². The van der Waals surface area contributed by atoms with Crippen LogP contribution in [0.1, 0.15) is 6.42 Å². The van der Waals surface area contributed by atoms with E-state index in [2.05, 4.69) is 15.3 Å². The van der Waals surface area contributed by atoms with Crippen LogP contribution in [0.4, 0.5) is 5.69 Å². The molecule has 0 saturated heterocycles. The fourth-order valence-corrected chi connectivity index (χ4v) is 3.34. The molecule has 26 heavy (non-hydrogen) atoms. The molecule has 0 aliphatic carbocycles. The first-order valence-electron chi connectivity index (χ1n) is 7.87. The largest absolute Gasteiger partial charge is 0.326 e. The number of halogens is 2. The van der Waals surface area contributed by atoms with E-state index in [9.17, 15) is 4.79 Å². The number of thioether (sulfide) groups is 1. The van der Waals surface area contributed by atoms with E-state index in [1.54, 1.807) is 24.5 Å². The highest BCUT2D eigenvalue weighted by Crippen LogP contribution is 2.25. The van der Waals surface area contributed by atoms with Gasteiger partial charge < -0.3 is 5.32 Å². The summed E-state index contributed by atoms with van der Waals surface area (Å²) in [6.07, 6.45) is 1.90. The molecule has 1 amide bonds. The summed E-state index contributed by atoms with van der Waals surface area (Å²) < 4.78 is 0. The van der Waals surface area contributed by atoms with Crippen molar-refractivity contribution in [3.8, 4) is 11.3 Å². The van der Waals surface area contributed by atoms with Crippen molar-refractivity contribution in [2.45, 2.75) is 11.4 Å². The summed E-state index contributed by atoms with van der Waals surface area (Å²) in [4.78, 5) is 20.6. The third kappa shape index (κ3) is 5.21.